The number of halogens is 1. The van der Waals surface area contributed by atoms with Crippen molar-refractivity contribution in [3.05, 3.63) is 64.2 Å². The highest BCUT2D eigenvalue weighted by molar-refractivity contribution is 9.10. The fraction of sp³-hybridized carbons (Fsp3) is 0.238. The number of hydrogen-bond donors (Lipinski definition) is 1. The molecule has 0 atom stereocenters. The quantitative estimate of drug-likeness (QED) is 0.552. The van der Waals surface area contributed by atoms with Crippen LogP contribution in [0.4, 0.5) is 5.82 Å². The highest BCUT2D eigenvalue weighted by Crippen LogP contribution is 2.26. The van der Waals surface area contributed by atoms with Crippen LogP contribution in [0.2, 0.25) is 0 Å². The number of aryl methyl sites for hydroxylation is 1. The number of aromatic nitrogens is 2. The fourth-order valence-electron chi connectivity index (χ4n) is 2.79. The van der Waals surface area contributed by atoms with Crippen molar-refractivity contribution in [2.45, 2.75) is 20.8 Å². The summed E-state index contributed by atoms with van der Waals surface area (Å²) in [5.74, 6) is 1.50. The van der Waals surface area contributed by atoms with Crippen molar-refractivity contribution >= 4 is 27.7 Å². The summed E-state index contributed by atoms with van der Waals surface area (Å²) in [6.07, 6.45) is 1.50. The lowest BCUT2D eigenvalue weighted by molar-refractivity contribution is 0.0945. The Kier molecular flexibility index (Phi) is 6.29. The van der Waals surface area contributed by atoms with Crippen LogP contribution in [0.15, 0.2) is 51.5 Å². The standard InChI is InChI=1S/C21H20BrN5O2/c1-13(2)12-27(20-17(22)11-24-19(10-23)25-20)26-21(28)16-9-18(29-14(16)3)15-7-5-4-6-8-15/h4-9,11,13H,12H2,1-3H3,(H,26,28). The summed E-state index contributed by atoms with van der Waals surface area (Å²) in [6, 6.07) is 13.2. The molecule has 2 heterocycles. The molecule has 0 radical (unpaired) electrons. The van der Waals surface area contributed by atoms with Crippen LogP contribution in [0.1, 0.15) is 35.8 Å². The summed E-state index contributed by atoms with van der Waals surface area (Å²) in [5.41, 5.74) is 4.21. The van der Waals surface area contributed by atoms with Crippen molar-refractivity contribution in [2.24, 2.45) is 5.92 Å². The molecule has 7 nitrogen and oxygen atoms in total. The van der Waals surface area contributed by atoms with Gasteiger partial charge in [-0.1, -0.05) is 44.2 Å². The Morgan fingerprint density at radius 3 is 2.72 bits per heavy atom. The molecule has 0 aliphatic rings. The van der Waals surface area contributed by atoms with Gasteiger partial charge in [-0.15, -0.1) is 0 Å². The Bertz CT molecular complexity index is 1060. The van der Waals surface area contributed by atoms with Crippen molar-refractivity contribution in [3.63, 3.8) is 0 Å². The van der Waals surface area contributed by atoms with Gasteiger partial charge >= 0.3 is 0 Å². The highest BCUT2D eigenvalue weighted by atomic mass is 79.9. The number of hydrazine groups is 1. The molecule has 0 aliphatic heterocycles. The Hall–Kier alpha value is -3.18. The first-order valence-corrected chi connectivity index (χ1v) is 9.85. The Morgan fingerprint density at radius 2 is 2.07 bits per heavy atom. The topological polar surface area (TPSA) is 95.0 Å². The summed E-state index contributed by atoms with van der Waals surface area (Å²) in [7, 11) is 0. The normalized spacial score (nSPS) is 10.6. The maximum absolute atomic E-state index is 13.0. The van der Waals surface area contributed by atoms with E-state index in [2.05, 4.69) is 31.3 Å². The van der Waals surface area contributed by atoms with Crippen molar-refractivity contribution in [1.82, 2.24) is 15.4 Å². The van der Waals surface area contributed by atoms with E-state index in [-0.39, 0.29) is 17.6 Å². The lowest BCUT2D eigenvalue weighted by Crippen LogP contribution is -2.45. The SMILES string of the molecule is Cc1oc(-c2ccccc2)cc1C(=O)NN(CC(C)C)c1nc(C#N)ncc1Br. The van der Waals surface area contributed by atoms with E-state index in [1.165, 1.54) is 6.20 Å². The number of nitriles is 1. The number of benzene rings is 1. The lowest BCUT2D eigenvalue weighted by atomic mass is 10.1. The number of nitrogens with zero attached hydrogens (tertiary/aromatic N) is 4. The first kappa shape index (κ1) is 20.6. The minimum Gasteiger partial charge on any atom is -0.461 e. The molecule has 148 valence electrons. The van der Waals surface area contributed by atoms with E-state index in [0.29, 0.717) is 33.9 Å². The van der Waals surface area contributed by atoms with Crippen molar-refractivity contribution in [2.75, 3.05) is 11.6 Å². The van der Waals surface area contributed by atoms with Gasteiger partial charge in [0.05, 0.1) is 10.0 Å². The third-order valence-electron chi connectivity index (χ3n) is 4.09. The maximum atomic E-state index is 13.0. The molecule has 1 N–H and O–H groups in total. The van der Waals surface area contributed by atoms with Gasteiger partial charge in [-0.3, -0.25) is 15.2 Å². The van der Waals surface area contributed by atoms with Gasteiger partial charge in [0.25, 0.3) is 5.91 Å². The summed E-state index contributed by atoms with van der Waals surface area (Å²) in [4.78, 5) is 21.2. The summed E-state index contributed by atoms with van der Waals surface area (Å²) in [6.45, 7) is 6.29. The van der Waals surface area contributed by atoms with E-state index in [0.717, 1.165) is 5.56 Å². The van der Waals surface area contributed by atoms with E-state index in [9.17, 15) is 4.79 Å². The van der Waals surface area contributed by atoms with Crippen LogP contribution in [0.25, 0.3) is 11.3 Å². The van der Waals surface area contributed by atoms with Gasteiger partial charge in [-0.05, 0) is 34.8 Å². The molecule has 0 unspecified atom stereocenters. The monoisotopic (exact) mass is 453 g/mol. The van der Waals surface area contributed by atoms with Crippen molar-refractivity contribution in [1.29, 1.82) is 5.26 Å². The second-order valence-electron chi connectivity index (χ2n) is 6.87. The van der Waals surface area contributed by atoms with Crippen LogP contribution in [0, 0.1) is 24.2 Å². The molecule has 0 saturated carbocycles. The Labute approximate surface area is 177 Å². The van der Waals surface area contributed by atoms with E-state index < -0.39 is 0 Å². The largest absolute Gasteiger partial charge is 0.461 e. The van der Waals surface area contributed by atoms with Gasteiger partial charge in [0.1, 0.15) is 17.6 Å². The third-order valence-corrected chi connectivity index (χ3v) is 4.65. The molecule has 1 amide bonds. The molecule has 3 aromatic rings. The number of nitrogens with one attached hydrogen (secondary N) is 1. The zero-order valence-corrected chi connectivity index (χ0v) is 17.9. The molecule has 0 fully saturated rings. The molecule has 8 heteroatoms. The molecular weight excluding hydrogens is 434 g/mol. The predicted molar refractivity (Wildman–Crippen MR) is 113 cm³/mol. The number of carbonyl (C=O) groups excluding carboxylic acids is 1. The van der Waals surface area contributed by atoms with E-state index in [1.807, 2.05) is 50.2 Å². The number of carbonyl (C=O) groups is 1. The molecule has 0 aliphatic carbocycles. The van der Waals surface area contributed by atoms with Gasteiger partial charge in [0.15, 0.2) is 5.82 Å². The molecule has 0 spiro atoms. The summed E-state index contributed by atoms with van der Waals surface area (Å²) in [5, 5.41) is 10.7. The van der Waals surface area contributed by atoms with Gasteiger partial charge in [-0.2, -0.15) is 10.2 Å². The Balaban J connectivity index is 1.90. The average molecular weight is 454 g/mol. The number of anilines is 1. The molecular formula is C21H20BrN5O2. The molecule has 1 aromatic carbocycles. The second-order valence-corrected chi connectivity index (χ2v) is 7.72. The number of amides is 1. The second kappa shape index (κ2) is 8.88. The van der Waals surface area contributed by atoms with Crippen LogP contribution in [0.3, 0.4) is 0 Å². The van der Waals surface area contributed by atoms with Gasteiger partial charge in [0, 0.05) is 18.3 Å². The van der Waals surface area contributed by atoms with Crippen LogP contribution >= 0.6 is 15.9 Å². The predicted octanol–water partition coefficient (Wildman–Crippen LogP) is 4.49. The molecule has 0 bridgehead atoms. The van der Waals surface area contributed by atoms with Crippen LogP contribution in [0.5, 0.6) is 0 Å². The molecule has 29 heavy (non-hydrogen) atoms. The first-order valence-electron chi connectivity index (χ1n) is 9.06. The van der Waals surface area contributed by atoms with E-state index in [4.69, 9.17) is 9.68 Å². The minimum atomic E-state index is -0.321. The van der Waals surface area contributed by atoms with Crippen LogP contribution < -0.4 is 10.4 Å². The summed E-state index contributed by atoms with van der Waals surface area (Å²) < 4.78 is 6.37. The van der Waals surface area contributed by atoms with E-state index >= 15 is 0 Å². The molecule has 2 aromatic heterocycles. The number of rotatable bonds is 6. The molecule has 0 saturated heterocycles. The first-order chi connectivity index (χ1) is 13.9. The zero-order chi connectivity index (χ0) is 21.0. The maximum Gasteiger partial charge on any atom is 0.273 e. The fourth-order valence-corrected chi connectivity index (χ4v) is 3.19. The Morgan fingerprint density at radius 1 is 1.34 bits per heavy atom. The lowest BCUT2D eigenvalue weighted by Gasteiger charge is -2.26. The van der Waals surface area contributed by atoms with E-state index in [1.54, 1.807) is 18.0 Å². The van der Waals surface area contributed by atoms with Crippen molar-refractivity contribution < 1.29 is 9.21 Å². The van der Waals surface area contributed by atoms with Crippen LogP contribution in [-0.2, 0) is 0 Å². The molecule has 3 rings (SSSR count). The number of hydrogen-bond acceptors (Lipinski definition) is 6. The van der Waals surface area contributed by atoms with Gasteiger partial charge in [0.2, 0.25) is 5.82 Å². The van der Waals surface area contributed by atoms with Gasteiger partial charge in [-0.25, -0.2) is 4.98 Å². The average Bonchev–Trinajstić information content (AvgIpc) is 3.10. The number of furan rings is 1. The van der Waals surface area contributed by atoms with Crippen molar-refractivity contribution in [3.8, 4) is 17.4 Å². The smallest absolute Gasteiger partial charge is 0.273 e. The van der Waals surface area contributed by atoms with Crippen LogP contribution in [-0.4, -0.2) is 22.4 Å². The van der Waals surface area contributed by atoms with Gasteiger partial charge < -0.3 is 4.42 Å². The summed E-state index contributed by atoms with van der Waals surface area (Å²) >= 11 is 3.40. The third kappa shape index (κ3) is 4.81. The zero-order valence-electron chi connectivity index (χ0n) is 16.3. The minimum absolute atomic E-state index is 0.0251. The highest BCUT2D eigenvalue weighted by Gasteiger charge is 2.21.